The van der Waals surface area contributed by atoms with E-state index in [-0.39, 0.29) is 23.0 Å². The van der Waals surface area contributed by atoms with E-state index in [0.717, 1.165) is 0 Å². The maximum atomic E-state index is 11.3. The van der Waals surface area contributed by atoms with Gasteiger partial charge in [-0.25, -0.2) is 4.79 Å². The Balaban J connectivity index is 1.88. The van der Waals surface area contributed by atoms with E-state index >= 15 is 0 Å². The summed E-state index contributed by atoms with van der Waals surface area (Å²) in [5, 5.41) is 0.181. The first kappa shape index (κ1) is 16.3. The minimum absolute atomic E-state index is 0.00997. The molecule has 0 amide bonds. The highest BCUT2D eigenvalue weighted by molar-refractivity contribution is 6.74. The summed E-state index contributed by atoms with van der Waals surface area (Å²) in [4.78, 5) is 11.3. The molecule has 0 unspecified atom stereocenters. The molecule has 0 spiro atoms. The molecule has 1 aliphatic rings. The lowest BCUT2D eigenvalue weighted by Gasteiger charge is -2.35. The van der Waals surface area contributed by atoms with Crippen LogP contribution in [0.1, 0.15) is 43.2 Å². The number of carbonyl (C=O) groups is 1. The van der Waals surface area contributed by atoms with Crippen molar-refractivity contribution in [2.24, 2.45) is 0 Å². The third-order valence-electron chi connectivity index (χ3n) is 4.29. The number of carbonyl (C=O) groups excluding carboxylic acids is 1. The molecule has 0 radical (unpaired) electrons. The van der Waals surface area contributed by atoms with Crippen molar-refractivity contribution in [1.29, 1.82) is 0 Å². The average Bonchev–Trinajstić information content (AvgIpc) is 3.01. The van der Waals surface area contributed by atoms with Gasteiger partial charge in [-0.2, -0.15) is 0 Å². The lowest BCUT2D eigenvalue weighted by atomic mass is 10.2. The summed E-state index contributed by atoms with van der Waals surface area (Å²) in [7, 11) is -0.434. The van der Waals surface area contributed by atoms with Crippen LogP contribution in [-0.4, -0.2) is 34.1 Å². The van der Waals surface area contributed by atoms with E-state index in [1.54, 1.807) is 12.1 Å². The molecule has 1 aromatic rings. The van der Waals surface area contributed by atoms with E-state index in [1.165, 1.54) is 7.11 Å². The highest BCUT2D eigenvalue weighted by atomic mass is 28.4. The number of methoxy groups -OCH3 is 1. The minimum atomic E-state index is -1.76. The van der Waals surface area contributed by atoms with Crippen LogP contribution in [0.4, 0.5) is 0 Å². The number of rotatable bonds is 5. The Labute approximate surface area is 126 Å². The van der Waals surface area contributed by atoms with E-state index in [0.29, 0.717) is 12.4 Å². The topological polar surface area (TPSA) is 61.2 Å². The molecule has 1 saturated heterocycles. The largest absolute Gasteiger partial charge is 0.463 e. The third-order valence-corrected chi connectivity index (χ3v) is 8.79. The third kappa shape index (κ3) is 3.56. The predicted molar refractivity (Wildman–Crippen MR) is 80.8 cm³/mol. The van der Waals surface area contributed by atoms with Gasteiger partial charge in [0.15, 0.2) is 8.32 Å². The maximum Gasteiger partial charge on any atom is 0.373 e. The minimum Gasteiger partial charge on any atom is -0.463 e. The van der Waals surface area contributed by atoms with Crippen LogP contribution in [0.15, 0.2) is 16.5 Å². The van der Waals surface area contributed by atoms with Crippen LogP contribution >= 0.6 is 0 Å². The van der Waals surface area contributed by atoms with Gasteiger partial charge in [-0.1, -0.05) is 20.8 Å². The van der Waals surface area contributed by atoms with Crippen molar-refractivity contribution in [3.63, 3.8) is 0 Å². The fourth-order valence-corrected chi connectivity index (χ4v) is 2.76. The summed E-state index contributed by atoms with van der Waals surface area (Å²) >= 11 is 0. The highest BCUT2D eigenvalue weighted by Crippen LogP contribution is 2.42. The fourth-order valence-electron chi connectivity index (χ4n) is 1.74. The summed E-state index contributed by atoms with van der Waals surface area (Å²) in [6.45, 7) is 11.6. The monoisotopic (exact) mass is 312 g/mol. The molecular weight excluding hydrogens is 288 g/mol. The van der Waals surface area contributed by atoms with Gasteiger partial charge in [0.2, 0.25) is 5.76 Å². The van der Waals surface area contributed by atoms with Crippen molar-refractivity contribution < 1.29 is 23.1 Å². The first-order chi connectivity index (χ1) is 9.65. The van der Waals surface area contributed by atoms with Crippen molar-refractivity contribution in [1.82, 2.24) is 0 Å². The van der Waals surface area contributed by atoms with Crippen LogP contribution in [0.2, 0.25) is 18.1 Å². The normalized spacial score (nSPS) is 22.2. The summed E-state index contributed by atoms with van der Waals surface area (Å²) < 4.78 is 21.8. The van der Waals surface area contributed by atoms with Gasteiger partial charge in [-0.15, -0.1) is 0 Å². The Morgan fingerprint density at radius 1 is 1.33 bits per heavy atom. The molecule has 2 heterocycles. The molecular formula is C15H24O5Si. The number of hydrogen-bond donors (Lipinski definition) is 0. The zero-order valence-electron chi connectivity index (χ0n) is 13.6. The smallest absolute Gasteiger partial charge is 0.373 e. The Morgan fingerprint density at radius 2 is 2.00 bits per heavy atom. The molecule has 2 atom stereocenters. The van der Waals surface area contributed by atoms with Crippen molar-refractivity contribution in [2.75, 3.05) is 13.7 Å². The quantitative estimate of drug-likeness (QED) is 0.473. The van der Waals surface area contributed by atoms with Gasteiger partial charge in [0.25, 0.3) is 0 Å². The van der Waals surface area contributed by atoms with E-state index in [4.69, 9.17) is 13.6 Å². The molecule has 21 heavy (non-hydrogen) atoms. The molecule has 2 rings (SSSR count). The Kier molecular flexibility index (Phi) is 4.33. The maximum absolute atomic E-state index is 11.3. The van der Waals surface area contributed by atoms with E-state index in [2.05, 4.69) is 38.6 Å². The molecule has 1 aliphatic heterocycles. The predicted octanol–water partition coefficient (Wildman–Crippen LogP) is 3.53. The highest BCUT2D eigenvalue weighted by Gasteiger charge is 2.46. The molecule has 0 saturated carbocycles. The SMILES string of the molecule is COC(=O)c1ccc([C@@H]2O[C@@H]2CO[Si](C)(C)C(C)(C)C)o1. The summed E-state index contributed by atoms with van der Waals surface area (Å²) in [6, 6.07) is 3.36. The average molecular weight is 312 g/mol. The molecule has 1 aromatic heterocycles. The summed E-state index contributed by atoms with van der Waals surface area (Å²) in [5.74, 6) is 0.377. The second-order valence-corrected chi connectivity index (χ2v) is 11.7. The van der Waals surface area contributed by atoms with Crippen molar-refractivity contribution in [3.8, 4) is 0 Å². The molecule has 6 heteroatoms. The van der Waals surface area contributed by atoms with Gasteiger partial charge in [0.1, 0.15) is 18.0 Å². The lowest BCUT2D eigenvalue weighted by Crippen LogP contribution is -2.41. The van der Waals surface area contributed by atoms with Gasteiger partial charge in [0.05, 0.1) is 13.7 Å². The molecule has 1 fully saturated rings. The van der Waals surface area contributed by atoms with Crippen LogP contribution in [0.25, 0.3) is 0 Å². The van der Waals surface area contributed by atoms with Crippen LogP contribution in [-0.2, 0) is 13.9 Å². The van der Waals surface area contributed by atoms with Crippen LogP contribution in [0.3, 0.4) is 0 Å². The summed E-state index contributed by atoms with van der Waals surface area (Å²) in [5.41, 5.74) is 0. The van der Waals surface area contributed by atoms with Crippen LogP contribution < -0.4 is 0 Å². The van der Waals surface area contributed by atoms with Crippen LogP contribution in [0.5, 0.6) is 0 Å². The molecule has 0 N–H and O–H groups in total. The number of ether oxygens (including phenoxy) is 2. The van der Waals surface area contributed by atoms with E-state index in [9.17, 15) is 4.79 Å². The van der Waals surface area contributed by atoms with Crippen molar-refractivity contribution in [2.45, 2.75) is 51.1 Å². The fraction of sp³-hybridized carbons (Fsp3) is 0.667. The Hall–Kier alpha value is -1.11. The zero-order valence-corrected chi connectivity index (χ0v) is 14.6. The van der Waals surface area contributed by atoms with Gasteiger partial charge < -0.3 is 18.3 Å². The Bertz CT molecular complexity index is 514. The van der Waals surface area contributed by atoms with Crippen molar-refractivity contribution >= 4 is 14.3 Å². The molecule has 0 aromatic carbocycles. The zero-order chi connectivity index (χ0) is 15.8. The van der Waals surface area contributed by atoms with Gasteiger partial charge in [0, 0.05) is 0 Å². The summed E-state index contributed by atoms with van der Waals surface area (Å²) in [6.07, 6.45) is -0.107. The van der Waals surface area contributed by atoms with E-state index < -0.39 is 14.3 Å². The van der Waals surface area contributed by atoms with Crippen molar-refractivity contribution in [3.05, 3.63) is 23.7 Å². The second kappa shape index (κ2) is 5.59. The first-order valence-corrected chi connectivity index (χ1v) is 10.0. The van der Waals surface area contributed by atoms with Gasteiger partial charge in [-0.3, -0.25) is 0 Å². The molecule has 5 nitrogen and oxygen atoms in total. The number of epoxide rings is 1. The first-order valence-electron chi connectivity index (χ1n) is 7.13. The Morgan fingerprint density at radius 3 is 2.57 bits per heavy atom. The second-order valence-electron chi connectivity index (χ2n) is 6.86. The molecule has 0 bridgehead atoms. The number of furan rings is 1. The lowest BCUT2D eigenvalue weighted by molar-refractivity contribution is 0.0562. The van der Waals surface area contributed by atoms with Gasteiger partial charge in [-0.05, 0) is 30.3 Å². The van der Waals surface area contributed by atoms with Gasteiger partial charge >= 0.3 is 5.97 Å². The molecule has 118 valence electrons. The molecule has 0 aliphatic carbocycles. The number of hydrogen-bond acceptors (Lipinski definition) is 5. The standard InChI is InChI=1S/C15H24O5Si/c1-15(2,3)21(5,6)18-9-12-13(20-12)10-7-8-11(19-10)14(16)17-4/h7-8,12-13H,9H2,1-6H3/t12-,13+/m1/s1. The van der Waals surface area contributed by atoms with Crippen LogP contribution in [0, 0.1) is 0 Å². The number of esters is 1. The van der Waals surface area contributed by atoms with E-state index in [1.807, 2.05) is 0 Å².